The monoisotopic (exact) mass is 535 g/mol. The number of fused-ring (bicyclic) bond motifs is 1. The van der Waals surface area contributed by atoms with Crippen LogP contribution in [0.1, 0.15) is 49.4 Å². The Balaban J connectivity index is 1.72. The van der Waals surface area contributed by atoms with Crippen LogP contribution in [0.15, 0.2) is 47.0 Å². The highest BCUT2D eigenvalue weighted by molar-refractivity contribution is 5.94. The average molecular weight is 536 g/mol. The van der Waals surface area contributed by atoms with Crippen LogP contribution >= 0.6 is 0 Å². The van der Waals surface area contributed by atoms with Crippen molar-refractivity contribution in [3.8, 4) is 5.75 Å². The molecular weight excluding hydrogens is 507 g/mol. The molecular formula is C26H28F3N3O6. The second-order valence-electron chi connectivity index (χ2n) is 8.73. The fourth-order valence-corrected chi connectivity index (χ4v) is 4.16. The van der Waals surface area contributed by atoms with Crippen molar-refractivity contribution in [2.45, 2.75) is 50.7 Å². The number of rotatable bonds is 13. The van der Waals surface area contributed by atoms with Gasteiger partial charge in [-0.2, -0.15) is 13.2 Å². The highest BCUT2D eigenvalue weighted by Crippen LogP contribution is 2.38. The lowest BCUT2D eigenvalue weighted by Gasteiger charge is -2.32. The zero-order valence-electron chi connectivity index (χ0n) is 20.7. The molecule has 0 saturated heterocycles. The van der Waals surface area contributed by atoms with Gasteiger partial charge in [0.25, 0.3) is 5.91 Å². The Labute approximate surface area is 216 Å². The molecule has 2 amide bonds. The second-order valence-corrected chi connectivity index (χ2v) is 8.73. The predicted octanol–water partition coefficient (Wildman–Crippen LogP) is 4.27. The van der Waals surface area contributed by atoms with Crippen molar-refractivity contribution in [3.63, 3.8) is 0 Å². The molecule has 3 N–H and O–H groups in total. The van der Waals surface area contributed by atoms with Gasteiger partial charge in [0.2, 0.25) is 6.41 Å². The molecule has 0 bridgehead atoms. The number of alkyl halides is 3. The number of benzene rings is 2. The minimum atomic E-state index is -4.66. The van der Waals surface area contributed by atoms with E-state index in [9.17, 15) is 27.6 Å². The van der Waals surface area contributed by atoms with Crippen LogP contribution in [0, 0.1) is 0 Å². The third kappa shape index (κ3) is 6.31. The number of aryl methyl sites for hydroxylation is 1. The van der Waals surface area contributed by atoms with Crippen LogP contribution in [-0.2, 0) is 32.5 Å². The third-order valence-corrected chi connectivity index (χ3v) is 6.06. The molecule has 0 aliphatic rings. The second kappa shape index (κ2) is 12.1. The van der Waals surface area contributed by atoms with E-state index in [0.29, 0.717) is 36.1 Å². The lowest BCUT2D eigenvalue weighted by Crippen LogP contribution is -2.53. The van der Waals surface area contributed by atoms with E-state index in [1.807, 2.05) is 6.92 Å². The Morgan fingerprint density at radius 2 is 1.89 bits per heavy atom. The summed E-state index contributed by atoms with van der Waals surface area (Å²) in [7, 11) is 0. The Morgan fingerprint density at radius 3 is 2.50 bits per heavy atom. The minimum absolute atomic E-state index is 0.00409. The molecule has 2 aromatic carbocycles. The number of nitrogens with two attached hydrogens (primary N) is 1. The molecule has 0 aliphatic heterocycles. The molecule has 12 heteroatoms. The fraction of sp³-hybridized carbons (Fsp3) is 0.385. The van der Waals surface area contributed by atoms with Crippen LogP contribution < -0.4 is 10.5 Å². The summed E-state index contributed by atoms with van der Waals surface area (Å²) in [4.78, 5) is 37.1. The van der Waals surface area contributed by atoms with Crippen LogP contribution in [0.3, 0.4) is 0 Å². The summed E-state index contributed by atoms with van der Waals surface area (Å²) in [6.45, 7) is 1.80. The zero-order valence-corrected chi connectivity index (χ0v) is 20.7. The first-order chi connectivity index (χ1) is 18.0. The summed E-state index contributed by atoms with van der Waals surface area (Å²) >= 11 is 0. The van der Waals surface area contributed by atoms with Gasteiger partial charge in [0.05, 0.1) is 12.0 Å². The fourth-order valence-electron chi connectivity index (χ4n) is 4.16. The molecule has 204 valence electrons. The Kier molecular flexibility index (Phi) is 9.10. The van der Waals surface area contributed by atoms with Crippen molar-refractivity contribution in [3.05, 3.63) is 59.3 Å². The summed E-state index contributed by atoms with van der Waals surface area (Å²) < 4.78 is 50.5. The Bertz CT molecular complexity index is 1280. The lowest BCUT2D eigenvalue weighted by atomic mass is 9.85. The van der Waals surface area contributed by atoms with E-state index in [1.165, 1.54) is 12.1 Å². The number of imide groups is 1. The number of carboxylic acid groups (broad SMARTS) is 1. The van der Waals surface area contributed by atoms with Crippen LogP contribution in [0.4, 0.5) is 13.2 Å². The number of nitrogens with zero attached hydrogens (tertiary/aromatic N) is 2. The number of amides is 2. The lowest BCUT2D eigenvalue weighted by molar-refractivity contribution is -0.144. The zero-order chi connectivity index (χ0) is 27.9. The van der Waals surface area contributed by atoms with Gasteiger partial charge in [-0.1, -0.05) is 48.8 Å². The van der Waals surface area contributed by atoms with Gasteiger partial charge in [-0.3, -0.25) is 19.3 Å². The molecule has 0 saturated carbocycles. The van der Waals surface area contributed by atoms with Gasteiger partial charge >= 0.3 is 12.1 Å². The smallest absolute Gasteiger partial charge is 0.437 e. The molecule has 3 rings (SSSR count). The quantitative estimate of drug-likeness (QED) is 0.245. The molecule has 38 heavy (non-hydrogen) atoms. The molecule has 1 aromatic heterocycles. The average Bonchev–Trinajstić information content (AvgIpc) is 3.34. The van der Waals surface area contributed by atoms with E-state index < -0.39 is 29.3 Å². The van der Waals surface area contributed by atoms with Crippen molar-refractivity contribution < 1.29 is 41.9 Å². The highest BCUT2D eigenvalue weighted by Gasteiger charge is 2.40. The van der Waals surface area contributed by atoms with Gasteiger partial charge in [0.15, 0.2) is 11.3 Å². The summed E-state index contributed by atoms with van der Waals surface area (Å²) in [5.74, 6) is -1.58. The topological polar surface area (TPSA) is 136 Å². The number of hydrogen-bond donors (Lipinski definition) is 2. The minimum Gasteiger partial charge on any atom is -0.493 e. The standard InChI is InChI=1S/C26H28F3N3O6/c1-2-7-18-20(11-10-19-22(18)38-31-23(19)26(27,28)29)37-15-6-14-32(16-33)24(36)25(30,13-12-21(34)35)17-8-4-3-5-9-17/h3-5,8-11,16H,2,6-7,12-15,30H2,1H3,(H,34,35). The molecule has 0 fully saturated rings. The summed E-state index contributed by atoms with van der Waals surface area (Å²) in [5, 5.41) is 12.1. The van der Waals surface area contributed by atoms with Crippen molar-refractivity contribution in [2.24, 2.45) is 5.73 Å². The van der Waals surface area contributed by atoms with Crippen molar-refractivity contribution >= 4 is 29.3 Å². The first-order valence-electron chi connectivity index (χ1n) is 12.0. The predicted molar refractivity (Wildman–Crippen MR) is 130 cm³/mol. The number of aromatic nitrogens is 1. The van der Waals surface area contributed by atoms with E-state index in [2.05, 4.69) is 5.16 Å². The Morgan fingerprint density at radius 1 is 1.18 bits per heavy atom. The number of halogens is 3. The van der Waals surface area contributed by atoms with Crippen LogP contribution in [-0.4, -0.2) is 46.6 Å². The van der Waals surface area contributed by atoms with Crippen LogP contribution in [0.2, 0.25) is 0 Å². The summed E-state index contributed by atoms with van der Waals surface area (Å²) in [6.07, 6.45) is -3.76. The number of carboxylic acids is 1. The van der Waals surface area contributed by atoms with E-state index in [-0.39, 0.29) is 43.4 Å². The number of aliphatic carboxylic acids is 1. The first kappa shape index (κ1) is 28.6. The van der Waals surface area contributed by atoms with E-state index in [0.717, 1.165) is 4.90 Å². The van der Waals surface area contributed by atoms with Gasteiger partial charge in [0, 0.05) is 18.5 Å². The van der Waals surface area contributed by atoms with Crippen molar-refractivity contribution in [1.82, 2.24) is 10.1 Å². The van der Waals surface area contributed by atoms with Gasteiger partial charge in [0.1, 0.15) is 11.3 Å². The normalized spacial score (nSPS) is 13.2. The molecule has 9 nitrogen and oxygen atoms in total. The van der Waals surface area contributed by atoms with Crippen molar-refractivity contribution in [2.75, 3.05) is 13.2 Å². The Hall–Kier alpha value is -3.93. The van der Waals surface area contributed by atoms with E-state index in [1.54, 1.807) is 30.3 Å². The van der Waals surface area contributed by atoms with Gasteiger partial charge in [-0.25, -0.2) is 0 Å². The number of ether oxygens (including phenoxy) is 1. The molecule has 3 aromatic rings. The summed E-state index contributed by atoms with van der Waals surface area (Å²) in [6, 6.07) is 10.8. The molecule has 0 spiro atoms. The summed E-state index contributed by atoms with van der Waals surface area (Å²) in [5.41, 5.74) is 4.35. The number of hydrogen-bond acceptors (Lipinski definition) is 7. The molecule has 1 atom stereocenters. The van der Waals surface area contributed by atoms with Gasteiger partial charge in [-0.15, -0.1) is 0 Å². The highest BCUT2D eigenvalue weighted by atomic mass is 19.4. The van der Waals surface area contributed by atoms with E-state index in [4.69, 9.17) is 20.1 Å². The maximum Gasteiger partial charge on any atom is 0.437 e. The maximum absolute atomic E-state index is 13.3. The van der Waals surface area contributed by atoms with Gasteiger partial charge in [-0.05, 0) is 37.0 Å². The van der Waals surface area contributed by atoms with E-state index >= 15 is 0 Å². The third-order valence-electron chi connectivity index (χ3n) is 6.06. The van der Waals surface area contributed by atoms with Crippen LogP contribution in [0.25, 0.3) is 11.0 Å². The molecule has 0 aliphatic carbocycles. The van der Waals surface area contributed by atoms with Gasteiger partial charge < -0.3 is 20.1 Å². The van der Waals surface area contributed by atoms with Crippen molar-refractivity contribution in [1.29, 1.82) is 0 Å². The largest absolute Gasteiger partial charge is 0.493 e. The SMILES string of the molecule is CCCc1c(OCCCN(C=O)C(=O)C(N)(CCC(=O)O)c2ccccc2)ccc2c(C(F)(F)F)noc12. The number of carbonyl (C=O) groups excluding carboxylic acids is 2. The molecule has 1 unspecified atom stereocenters. The first-order valence-corrected chi connectivity index (χ1v) is 12.0. The van der Waals surface area contributed by atoms with Crippen LogP contribution in [0.5, 0.6) is 5.75 Å². The molecule has 1 heterocycles. The number of carbonyl (C=O) groups is 3. The maximum atomic E-state index is 13.3. The molecule has 0 radical (unpaired) electrons.